The number of aryl methyl sites for hydroxylation is 1. The molecule has 0 amide bonds. The summed E-state index contributed by atoms with van der Waals surface area (Å²) in [7, 11) is 0. The van der Waals surface area contributed by atoms with Crippen LogP contribution in [0.5, 0.6) is 0 Å². The van der Waals surface area contributed by atoms with Gasteiger partial charge in [-0.2, -0.15) is 13.2 Å². The van der Waals surface area contributed by atoms with E-state index in [1.54, 1.807) is 18.3 Å². The van der Waals surface area contributed by atoms with Gasteiger partial charge >= 0.3 is 6.18 Å². The van der Waals surface area contributed by atoms with Crippen LogP contribution in [0.3, 0.4) is 0 Å². The predicted molar refractivity (Wildman–Crippen MR) is 138 cm³/mol. The molecule has 0 atom stereocenters. The zero-order chi connectivity index (χ0) is 26.0. The monoisotopic (exact) mass is 513 g/mol. The maximum Gasteiger partial charge on any atom is 0.390 e. The molecule has 196 valence electrons. The van der Waals surface area contributed by atoms with Crippen molar-refractivity contribution in [2.75, 3.05) is 42.9 Å². The maximum atomic E-state index is 14.3. The third-order valence-corrected chi connectivity index (χ3v) is 7.58. The first-order chi connectivity index (χ1) is 17.8. The number of anilines is 3. The molecular weight excluding hydrogens is 482 g/mol. The summed E-state index contributed by atoms with van der Waals surface area (Å²) in [4.78, 5) is 12.9. The largest absolute Gasteiger partial charge is 0.390 e. The van der Waals surface area contributed by atoms with Crippen LogP contribution in [0.1, 0.15) is 31.7 Å². The molecule has 1 spiro atoms. The molecular formula is C28H31F4N5. The molecule has 2 fully saturated rings. The Hall–Kier alpha value is -3.20. The summed E-state index contributed by atoms with van der Waals surface area (Å²) in [5, 5.41) is 3.45. The highest BCUT2D eigenvalue weighted by atomic mass is 19.4. The van der Waals surface area contributed by atoms with Crippen molar-refractivity contribution in [3.05, 3.63) is 66.4 Å². The summed E-state index contributed by atoms with van der Waals surface area (Å²) < 4.78 is 52.0. The molecule has 3 heterocycles. The Bertz CT molecular complexity index is 1230. The van der Waals surface area contributed by atoms with Gasteiger partial charge in [-0.25, -0.2) is 14.4 Å². The Morgan fingerprint density at radius 1 is 1.00 bits per heavy atom. The van der Waals surface area contributed by atoms with Crippen molar-refractivity contribution in [1.29, 1.82) is 0 Å². The molecule has 3 aromatic rings. The Balaban J connectivity index is 1.30. The average Bonchev–Trinajstić information content (AvgIpc) is 2.87. The lowest BCUT2D eigenvalue weighted by molar-refractivity contribution is -0.145. The number of hydrogen-bond acceptors (Lipinski definition) is 5. The van der Waals surface area contributed by atoms with Gasteiger partial charge in [0.05, 0.1) is 12.6 Å². The van der Waals surface area contributed by atoms with E-state index in [-0.39, 0.29) is 17.8 Å². The van der Waals surface area contributed by atoms with E-state index in [1.165, 1.54) is 12.4 Å². The van der Waals surface area contributed by atoms with Crippen LogP contribution in [0, 0.1) is 11.2 Å². The fourth-order valence-electron chi connectivity index (χ4n) is 5.60. The molecule has 1 aromatic heterocycles. The molecule has 2 aliphatic rings. The molecule has 37 heavy (non-hydrogen) atoms. The molecule has 1 N–H and O–H groups in total. The van der Waals surface area contributed by atoms with Crippen LogP contribution in [0.25, 0.3) is 11.1 Å². The Kier molecular flexibility index (Phi) is 7.07. The second-order valence-corrected chi connectivity index (χ2v) is 10.1. The van der Waals surface area contributed by atoms with E-state index in [0.29, 0.717) is 0 Å². The maximum absolute atomic E-state index is 14.3. The number of aromatic nitrogens is 2. The highest BCUT2D eigenvalue weighted by molar-refractivity contribution is 5.84. The molecule has 0 bridgehead atoms. The topological polar surface area (TPSA) is 44.3 Å². The lowest BCUT2D eigenvalue weighted by Crippen LogP contribution is -2.60. The fraction of sp³-hybridized carbons (Fsp3) is 0.429. The fourth-order valence-corrected chi connectivity index (χ4v) is 5.60. The van der Waals surface area contributed by atoms with Gasteiger partial charge < -0.3 is 15.1 Å². The van der Waals surface area contributed by atoms with Crippen LogP contribution in [-0.4, -0.2) is 53.8 Å². The smallest absolute Gasteiger partial charge is 0.355 e. The summed E-state index contributed by atoms with van der Waals surface area (Å²) in [5.74, 6) is 0.472. The quantitative estimate of drug-likeness (QED) is 0.368. The lowest BCUT2D eigenvalue weighted by atomic mass is 9.72. The van der Waals surface area contributed by atoms with Crippen molar-refractivity contribution >= 4 is 17.2 Å². The zero-order valence-corrected chi connectivity index (χ0v) is 20.9. The predicted octanol–water partition coefficient (Wildman–Crippen LogP) is 6.44. The number of hydrogen-bond donors (Lipinski definition) is 1. The molecule has 2 aliphatic heterocycles. The first kappa shape index (κ1) is 25.4. The van der Waals surface area contributed by atoms with Gasteiger partial charge in [0.1, 0.15) is 17.8 Å². The molecule has 0 aliphatic carbocycles. The number of benzene rings is 2. The molecule has 0 radical (unpaired) electrons. The van der Waals surface area contributed by atoms with Crippen LogP contribution < -0.4 is 10.2 Å². The third-order valence-electron chi connectivity index (χ3n) is 7.58. The van der Waals surface area contributed by atoms with Gasteiger partial charge in [-0.05, 0) is 54.0 Å². The third kappa shape index (κ3) is 5.71. The van der Waals surface area contributed by atoms with Crippen molar-refractivity contribution < 1.29 is 17.6 Å². The van der Waals surface area contributed by atoms with Crippen molar-refractivity contribution in [3.8, 4) is 11.1 Å². The average molecular weight is 514 g/mol. The van der Waals surface area contributed by atoms with E-state index >= 15 is 0 Å². The van der Waals surface area contributed by atoms with E-state index < -0.39 is 12.6 Å². The molecule has 2 aromatic carbocycles. The first-order valence-corrected chi connectivity index (χ1v) is 12.7. The van der Waals surface area contributed by atoms with Gasteiger partial charge in [0, 0.05) is 44.0 Å². The van der Waals surface area contributed by atoms with E-state index in [2.05, 4.69) is 33.2 Å². The van der Waals surface area contributed by atoms with Gasteiger partial charge in [-0.15, -0.1) is 0 Å². The Morgan fingerprint density at radius 2 is 1.76 bits per heavy atom. The number of alkyl halides is 3. The van der Waals surface area contributed by atoms with Crippen molar-refractivity contribution in [2.24, 2.45) is 5.41 Å². The summed E-state index contributed by atoms with van der Waals surface area (Å²) >= 11 is 0. The Morgan fingerprint density at radius 3 is 2.49 bits per heavy atom. The van der Waals surface area contributed by atoms with Gasteiger partial charge in [0.2, 0.25) is 0 Å². The minimum absolute atomic E-state index is 0.0795. The molecule has 9 heteroatoms. The van der Waals surface area contributed by atoms with Gasteiger partial charge in [-0.1, -0.05) is 31.2 Å². The second-order valence-electron chi connectivity index (χ2n) is 10.1. The van der Waals surface area contributed by atoms with Crippen molar-refractivity contribution in [1.82, 2.24) is 14.9 Å². The Labute approximate surface area is 214 Å². The van der Waals surface area contributed by atoms with E-state index in [0.717, 1.165) is 79.3 Å². The summed E-state index contributed by atoms with van der Waals surface area (Å²) in [6.07, 6.45) is 1.04. The van der Waals surface area contributed by atoms with Gasteiger partial charge in [0.25, 0.3) is 0 Å². The van der Waals surface area contributed by atoms with Gasteiger partial charge in [-0.3, -0.25) is 0 Å². The summed E-state index contributed by atoms with van der Waals surface area (Å²) in [6.45, 7) is 5.15. The molecule has 5 rings (SSSR count). The lowest BCUT2D eigenvalue weighted by Gasteiger charge is -2.54. The van der Waals surface area contributed by atoms with E-state index in [4.69, 9.17) is 0 Å². The molecule has 0 saturated carbocycles. The normalized spacial score (nSPS) is 17.6. The molecule has 5 nitrogen and oxygen atoms in total. The minimum Gasteiger partial charge on any atom is -0.355 e. The molecule has 0 unspecified atom stereocenters. The van der Waals surface area contributed by atoms with Crippen LogP contribution in [-0.2, 0) is 6.42 Å². The van der Waals surface area contributed by atoms with E-state index in [1.807, 2.05) is 23.1 Å². The number of likely N-dealkylation sites (tertiary alicyclic amines) is 1. The van der Waals surface area contributed by atoms with Crippen LogP contribution >= 0.6 is 0 Å². The van der Waals surface area contributed by atoms with Gasteiger partial charge in [0.15, 0.2) is 5.82 Å². The van der Waals surface area contributed by atoms with Crippen LogP contribution in [0.2, 0.25) is 0 Å². The number of nitrogens with zero attached hydrogens (tertiary/aromatic N) is 4. The highest BCUT2D eigenvalue weighted by Gasteiger charge is 2.45. The van der Waals surface area contributed by atoms with E-state index in [9.17, 15) is 17.6 Å². The van der Waals surface area contributed by atoms with Crippen LogP contribution in [0.15, 0.2) is 55.0 Å². The van der Waals surface area contributed by atoms with Crippen molar-refractivity contribution in [3.63, 3.8) is 0 Å². The standard InChI is InChI=1S/C28H31F4N5/c1-2-20-5-3-4-6-22(20)23-15-21(29)7-8-24(23)35-25-16-33-19-34-26(25)37-13-9-27(10-14-37)17-36(18-27)12-11-28(30,31)32/h3-8,15-16,19,35H,2,9-14,17-18H2,1H3. The second kappa shape index (κ2) is 10.3. The SMILES string of the molecule is CCc1ccccc1-c1cc(F)ccc1Nc1cncnc1N1CCC2(CC1)CN(CCC(F)(F)F)C2. The summed E-state index contributed by atoms with van der Waals surface area (Å²) in [5.41, 5.74) is 4.48. The number of rotatable bonds is 7. The minimum atomic E-state index is -4.11. The summed E-state index contributed by atoms with van der Waals surface area (Å²) in [6, 6.07) is 12.7. The number of nitrogens with one attached hydrogen (secondary N) is 1. The number of piperidine rings is 1. The first-order valence-electron chi connectivity index (χ1n) is 12.7. The zero-order valence-electron chi connectivity index (χ0n) is 20.9. The van der Waals surface area contributed by atoms with Crippen molar-refractivity contribution in [2.45, 2.75) is 38.8 Å². The molecule has 2 saturated heterocycles. The highest BCUT2D eigenvalue weighted by Crippen LogP contribution is 2.43. The number of halogens is 4. The van der Waals surface area contributed by atoms with Crippen LogP contribution in [0.4, 0.5) is 34.8 Å².